The third kappa shape index (κ3) is 4.64. The maximum atomic E-state index is 13.7. The van der Waals surface area contributed by atoms with Crippen molar-refractivity contribution < 1.29 is 4.79 Å². The molecule has 176 valence electrons. The van der Waals surface area contributed by atoms with Gasteiger partial charge in [0, 0.05) is 12.2 Å². The molecule has 1 aromatic heterocycles. The van der Waals surface area contributed by atoms with Crippen molar-refractivity contribution in [2.75, 3.05) is 11.9 Å². The molecule has 0 saturated heterocycles. The summed E-state index contributed by atoms with van der Waals surface area (Å²) in [6, 6.07) is 23.0. The predicted octanol–water partition coefficient (Wildman–Crippen LogP) is 5.43. The summed E-state index contributed by atoms with van der Waals surface area (Å²) in [7, 11) is 0. The number of para-hydroxylation sites is 2. The van der Waals surface area contributed by atoms with Crippen LogP contribution >= 0.6 is 0 Å². The number of fused-ring (bicyclic) bond motifs is 1. The lowest BCUT2D eigenvalue weighted by molar-refractivity contribution is 0.193. The molecule has 0 aliphatic rings. The van der Waals surface area contributed by atoms with E-state index in [1.807, 2.05) is 63.2 Å². The van der Waals surface area contributed by atoms with Gasteiger partial charge in [-0.05, 0) is 62.2 Å². The second-order valence-electron chi connectivity index (χ2n) is 8.19. The minimum absolute atomic E-state index is 0.170. The first kappa shape index (κ1) is 23.7. The number of nitrogens with one attached hydrogen (secondary N) is 1. The number of benzene rings is 3. The molecule has 0 radical (unpaired) electrons. The molecule has 0 fully saturated rings. The van der Waals surface area contributed by atoms with Crippen molar-refractivity contribution >= 4 is 22.6 Å². The van der Waals surface area contributed by atoms with Crippen LogP contribution in [-0.4, -0.2) is 27.0 Å². The maximum absolute atomic E-state index is 13.7. The van der Waals surface area contributed by atoms with E-state index in [-0.39, 0.29) is 11.6 Å². The fraction of sp³-hybridized carbons (Fsp3) is 0.214. The first-order valence-corrected chi connectivity index (χ1v) is 11.7. The van der Waals surface area contributed by atoms with Gasteiger partial charge in [-0.25, -0.2) is 9.78 Å². The molecule has 1 atom stereocenters. The molecule has 0 saturated carbocycles. The van der Waals surface area contributed by atoms with E-state index in [2.05, 4.69) is 11.4 Å². The molecule has 4 rings (SSSR count). The van der Waals surface area contributed by atoms with E-state index < -0.39 is 6.04 Å². The Labute approximate surface area is 204 Å². The molecule has 1 unspecified atom stereocenters. The summed E-state index contributed by atoms with van der Waals surface area (Å²) in [5, 5.41) is 12.6. The standard InChI is InChI=1S/C28H27N5O2/c1-4-21-12-6-9-16-25(21)33-26(31-24-15-8-7-14-23(24)27(33)34)19(3)32(5-2)28(35)30-22-13-10-11-20(17-22)18-29/h6-17,19H,4-5H2,1-3H3,(H,30,35). The summed E-state index contributed by atoms with van der Waals surface area (Å²) in [6.45, 7) is 6.19. The van der Waals surface area contributed by atoms with E-state index in [4.69, 9.17) is 10.2 Å². The van der Waals surface area contributed by atoms with E-state index in [1.54, 1.807) is 39.8 Å². The highest BCUT2D eigenvalue weighted by Gasteiger charge is 2.26. The van der Waals surface area contributed by atoms with Gasteiger partial charge in [0.1, 0.15) is 5.82 Å². The Bertz CT molecular complexity index is 1480. The fourth-order valence-corrected chi connectivity index (χ4v) is 4.29. The minimum atomic E-state index is -0.513. The number of amides is 2. The molecule has 7 nitrogen and oxygen atoms in total. The van der Waals surface area contributed by atoms with Gasteiger partial charge in [0.25, 0.3) is 5.56 Å². The molecule has 0 bridgehead atoms. The van der Waals surface area contributed by atoms with Crippen molar-refractivity contribution in [3.05, 3.63) is 100 Å². The number of rotatable bonds is 6. The van der Waals surface area contributed by atoms with Crippen LogP contribution in [-0.2, 0) is 6.42 Å². The number of urea groups is 1. The van der Waals surface area contributed by atoms with E-state index >= 15 is 0 Å². The molecule has 1 heterocycles. The van der Waals surface area contributed by atoms with Crippen molar-refractivity contribution in [2.45, 2.75) is 33.2 Å². The number of nitrogens with zero attached hydrogens (tertiary/aromatic N) is 4. The highest BCUT2D eigenvalue weighted by molar-refractivity contribution is 5.89. The van der Waals surface area contributed by atoms with Crippen LogP contribution in [0, 0.1) is 11.3 Å². The van der Waals surface area contributed by atoms with Crippen molar-refractivity contribution in [1.29, 1.82) is 5.26 Å². The number of aryl methyl sites for hydroxylation is 1. The summed E-state index contributed by atoms with van der Waals surface area (Å²) in [6.07, 6.45) is 0.747. The minimum Gasteiger partial charge on any atom is -0.315 e. The van der Waals surface area contributed by atoms with Crippen molar-refractivity contribution in [1.82, 2.24) is 14.5 Å². The summed E-state index contributed by atoms with van der Waals surface area (Å²) >= 11 is 0. The van der Waals surface area contributed by atoms with Gasteiger partial charge in [0.05, 0.1) is 34.3 Å². The molecule has 1 N–H and O–H groups in total. The second kappa shape index (κ2) is 10.2. The Kier molecular flexibility index (Phi) is 6.93. The normalized spacial score (nSPS) is 11.6. The number of carbonyl (C=O) groups excluding carboxylic acids is 1. The zero-order chi connectivity index (χ0) is 24.9. The molecule has 0 aliphatic carbocycles. The van der Waals surface area contributed by atoms with Gasteiger partial charge in [-0.15, -0.1) is 0 Å². The molecule has 3 aromatic carbocycles. The number of hydrogen-bond donors (Lipinski definition) is 1. The molecule has 2 amide bonds. The van der Waals surface area contributed by atoms with Crippen molar-refractivity contribution in [3.63, 3.8) is 0 Å². The third-order valence-corrected chi connectivity index (χ3v) is 6.10. The molecule has 0 spiro atoms. The fourth-order valence-electron chi connectivity index (χ4n) is 4.29. The number of hydrogen-bond acceptors (Lipinski definition) is 4. The van der Waals surface area contributed by atoms with Crippen LogP contribution in [0.1, 0.15) is 43.8 Å². The summed E-state index contributed by atoms with van der Waals surface area (Å²) in [5.41, 5.74) is 3.18. The Morgan fingerprint density at radius 2 is 1.83 bits per heavy atom. The quantitative estimate of drug-likeness (QED) is 0.411. The van der Waals surface area contributed by atoms with Gasteiger partial charge < -0.3 is 10.2 Å². The predicted molar refractivity (Wildman–Crippen MR) is 138 cm³/mol. The first-order chi connectivity index (χ1) is 17.0. The van der Waals surface area contributed by atoms with E-state index in [0.29, 0.717) is 34.5 Å². The highest BCUT2D eigenvalue weighted by atomic mass is 16.2. The second-order valence-corrected chi connectivity index (χ2v) is 8.19. The van der Waals surface area contributed by atoms with Gasteiger partial charge in [-0.1, -0.05) is 43.3 Å². The summed E-state index contributed by atoms with van der Waals surface area (Å²) in [4.78, 5) is 33.5. The number of carbonyl (C=O) groups is 1. The lowest BCUT2D eigenvalue weighted by Gasteiger charge is -2.30. The van der Waals surface area contributed by atoms with Crippen LogP contribution in [0.5, 0.6) is 0 Å². The van der Waals surface area contributed by atoms with Gasteiger partial charge in [-0.2, -0.15) is 5.26 Å². The average molecular weight is 466 g/mol. The monoisotopic (exact) mass is 465 g/mol. The smallest absolute Gasteiger partial charge is 0.315 e. The zero-order valence-electron chi connectivity index (χ0n) is 20.0. The SMILES string of the molecule is CCc1ccccc1-n1c(C(C)N(CC)C(=O)Nc2cccc(C#N)c2)nc2ccccc2c1=O. The molecule has 35 heavy (non-hydrogen) atoms. The van der Waals surface area contributed by atoms with E-state index in [1.165, 1.54) is 0 Å². The Hall–Kier alpha value is -4.44. The third-order valence-electron chi connectivity index (χ3n) is 6.10. The lowest BCUT2D eigenvalue weighted by Crippen LogP contribution is -2.39. The van der Waals surface area contributed by atoms with Gasteiger partial charge >= 0.3 is 6.03 Å². The zero-order valence-corrected chi connectivity index (χ0v) is 20.0. The Balaban J connectivity index is 1.83. The van der Waals surface area contributed by atoms with Crippen LogP contribution in [0.15, 0.2) is 77.6 Å². The van der Waals surface area contributed by atoms with E-state index in [0.717, 1.165) is 17.7 Å². The lowest BCUT2D eigenvalue weighted by atomic mass is 10.1. The van der Waals surface area contributed by atoms with Crippen molar-refractivity contribution in [3.8, 4) is 11.8 Å². The Morgan fingerprint density at radius 3 is 2.57 bits per heavy atom. The van der Waals surface area contributed by atoms with Gasteiger partial charge in [-0.3, -0.25) is 9.36 Å². The first-order valence-electron chi connectivity index (χ1n) is 11.7. The molecule has 4 aromatic rings. The Morgan fingerprint density at radius 1 is 1.09 bits per heavy atom. The van der Waals surface area contributed by atoms with Gasteiger partial charge in [0.15, 0.2) is 0 Å². The largest absolute Gasteiger partial charge is 0.322 e. The molecule has 0 aliphatic heterocycles. The van der Waals surface area contributed by atoms with Crippen LogP contribution in [0.2, 0.25) is 0 Å². The summed E-state index contributed by atoms with van der Waals surface area (Å²) in [5.74, 6) is 0.484. The highest BCUT2D eigenvalue weighted by Crippen LogP contribution is 2.25. The van der Waals surface area contributed by atoms with Crippen LogP contribution in [0.4, 0.5) is 10.5 Å². The number of anilines is 1. The topological polar surface area (TPSA) is 91.0 Å². The number of aromatic nitrogens is 2. The van der Waals surface area contributed by atoms with E-state index in [9.17, 15) is 9.59 Å². The molecular formula is C28H27N5O2. The molecule has 7 heteroatoms. The van der Waals surface area contributed by atoms with Crippen LogP contribution in [0.25, 0.3) is 16.6 Å². The van der Waals surface area contributed by atoms with Gasteiger partial charge in [0.2, 0.25) is 0 Å². The summed E-state index contributed by atoms with van der Waals surface area (Å²) < 4.78 is 1.64. The van der Waals surface area contributed by atoms with Crippen LogP contribution in [0.3, 0.4) is 0 Å². The average Bonchev–Trinajstić information content (AvgIpc) is 2.89. The van der Waals surface area contributed by atoms with Crippen LogP contribution < -0.4 is 10.9 Å². The number of nitriles is 1. The maximum Gasteiger partial charge on any atom is 0.322 e. The van der Waals surface area contributed by atoms with Crippen molar-refractivity contribution in [2.24, 2.45) is 0 Å². The molecular weight excluding hydrogens is 438 g/mol.